The monoisotopic (exact) mass is 310 g/mol. The fraction of sp³-hybridized carbons (Fsp3) is 0.278. The van der Waals surface area contributed by atoms with Crippen molar-refractivity contribution in [2.75, 3.05) is 6.79 Å². The van der Waals surface area contributed by atoms with E-state index in [0.717, 1.165) is 29.6 Å². The molecule has 1 aliphatic rings. The van der Waals surface area contributed by atoms with Gasteiger partial charge < -0.3 is 19.1 Å². The van der Waals surface area contributed by atoms with E-state index in [1.807, 2.05) is 42.5 Å². The van der Waals surface area contributed by atoms with E-state index in [1.165, 1.54) is 0 Å². The van der Waals surface area contributed by atoms with E-state index in [1.54, 1.807) is 0 Å². The Morgan fingerprint density at radius 1 is 1.17 bits per heavy atom. The molecule has 0 aliphatic carbocycles. The van der Waals surface area contributed by atoms with Crippen molar-refractivity contribution in [2.24, 2.45) is 0 Å². The third-order valence-corrected chi connectivity index (χ3v) is 4.09. The number of hydrogen-bond acceptors (Lipinski definition) is 4. The summed E-state index contributed by atoms with van der Waals surface area (Å²) >= 11 is 0. The van der Waals surface area contributed by atoms with Crippen LogP contribution in [-0.2, 0) is 6.54 Å². The Labute approximate surface area is 134 Å². The number of nitrogens with zero attached hydrogens (tertiary/aromatic N) is 2. The number of imidazole rings is 1. The predicted octanol–water partition coefficient (Wildman–Crippen LogP) is 3.26. The second-order valence-electron chi connectivity index (χ2n) is 5.63. The minimum atomic E-state index is -0.802. The van der Waals surface area contributed by atoms with Gasteiger partial charge in [0.05, 0.1) is 11.0 Å². The van der Waals surface area contributed by atoms with Crippen LogP contribution in [0.4, 0.5) is 0 Å². The summed E-state index contributed by atoms with van der Waals surface area (Å²) in [7, 11) is 0. The van der Waals surface area contributed by atoms with E-state index in [2.05, 4.69) is 16.5 Å². The zero-order chi connectivity index (χ0) is 15.8. The Balaban J connectivity index is 1.80. The third kappa shape index (κ3) is 2.33. The standard InChI is InChI=1S/C18H18N2O3/c1-2-9-20-14-6-4-3-5-13(14)19-18(20)17(21)12-7-8-15-16(10-12)23-11-22-15/h3-8,10,17,21H,2,9,11H2,1H3/t17-/m1/s1. The molecule has 2 heterocycles. The van der Waals surface area contributed by atoms with Gasteiger partial charge >= 0.3 is 0 Å². The predicted molar refractivity (Wildman–Crippen MR) is 86.7 cm³/mol. The van der Waals surface area contributed by atoms with E-state index >= 15 is 0 Å². The molecular weight excluding hydrogens is 292 g/mol. The Morgan fingerprint density at radius 2 is 2.00 bits per heavy atom. The van der Waals surface area contributed by atoms with Crippen LogP contribution in [0.5, 0.6) is 11.5 Å². The first-order valence-electron chi connectivity index (χ1n) is 7.80. The molecule has 3 aromatic rings. The molecule has 2 aromatic carbocycles. The van der Waals surface area contributed by atoms with Gasteiger partial charge in [0.1, 0.15) is 11.9 Å². The minimum Gasteiger partial charge on any atom is -0.454 e. The van der Waals surface area contributed by atoms with Crippen LogP contribution >= 0.6 is 0 Å². The van der Waals surface area contributed by atoms with Crippen molar-refractivity contribution in [3.05, 3.63) is 53.9 Å². The van der Waals surface area contributed by atoms with Crippen LogP contribution in [0.15, 0.2) is 42.5 Å². The number of aliphatic hydroxyl groups excluding tert-OH is 1. The van der Waals surface area contributed by atoms with E-state index in [-0.39, 0.29) is 6.79 Å². The molecule has 4 rings (SSSR count). The fourth-order valence-electron chi connectivity index (χ4n) is 2.99. The van der Waals surface area contributed by atoms with E-state index < -0.39 is 6.10 Å². The van der Waals surface area contributed by atoms with Gasteiger partial charge in [0.25, 0.3) is 0 Å². The van der Waals surface area contributed by atoms with E-state index in [9.17, 15) is 5.11 Å². The molecule has 1 aliphatic heterocycles. The molecule has 0 spiro atoms. The molecule has 1 N–H and O–H groups in total. The molecule has 1 aromatic heterocycles. The lowest BCUT2D eigenvalue weighted by atomic mass is 10.1. The second-order valence-corrected chi connectivity index (χ2v) is 5.63. The van der Waals surface area contributed by atoms with Gasteiger partial charge in [-0.25, -0.2) is 4.98 Å². The average molecular weight is 310 g/mol. The summed E-state index contributed by atoms with van der Waals surface area (Å²) in [4.78, 5) is 4.64. The largest absolute Gasteiger partial charge is 0.454 e. The summed E-state index contributed by atoms with van der Waals surface area (Å²) in [5.74, 6) is 2.04. The zero-order valence-electron chi connectivity index (χ0n) is 12.9. The molecule has 0 unspecified atom stereocenters. The van der Waals surface area contributed by atoms with Crippen molar-refractivity contribution in [3.63, 3.8) is 0 Å². The molecular formula is C18H18N2O3. The van der Waals surface area contributed by atoms with E-state index in [4.69, 9.17) is 9.47 Å². The number of fused-ring (bicyclic) bond motifs is 2. The number of para-hydroxylation sites is 2. The number of ether oxygens (including phenoxy) is 2. The van der Waals surface area contributed by atoms with Gasteiger partial charge in [-0.3, -0.25) is 0 Å². The molecule has 0 saturated heterocycles. The van der Waals surface area contributed by atoms with Crippen molar-refractivity contribution in [1.29, 1.82) is 0 Å². The number of benzene rings is 2. The molecule has 0 fully saturated rings. The maximum Gasteiger partial charge on any atom is 0.231 e. The lowest BCUT2D eigenvalue weighted by molar-refractivity contribution is 0.173. The van der Waals surface area contributed by atoms with Gasteiger partial charge in [-0.1, -0.05) is 25.1 Å². The van der Waals surface area contributed by atoms with Crippen molar-refractivity contribution in [2.45, 2.75) is 26.0 Å². The van der Waals surface area contributed by atoms with Gasteiger partial charge in [-0.2, -0.15) is 0 Å². The van der Waals surface area contributed by atoms with Crippen LogP contribution in [-0.4, -0.2) is 21.5 Å². The highest BCUT2D eigenvalue weighted by molar-refractivity contribution is 5.76. The lowest BCUT2D eigenvalue weighted by Crippen LogP contribution is -2.10. The Kier molecular flexibility index (Phi) is 3.42. The number of hydrogen-bond donors (Lipinski definition) is 1. The van der Waals surface area contributed by atoms with Crippen LogP contribution in [0, 0.1) is 0 Å². The molecule has 0 saturated carbocycles. The van der Waals surface area contributed by atoms with Crippen LogP contribution in [0.2, 0.25) is 0 Å². The first kappa shape index (κ1) is 14.1. The molecule has 0 amide bonds. The Bertz CT molecular complexity index is 857. The van der Waals surface area contributed by atoms with Crippen LogP contribution < -0.4 is 9.47 Å². The first-order valence-corrected chi connectivity index (χ1v) is 7.80. The Morgan fingerprint density at radius 3 is 2.87 bits per heavy atom. The quantitative estimate of drug-likeness (QED) is 0.803. The Hall–Kier alpha value is -2.53. The minimum absolute atomic E-state index is 0.225. The number of aryl methyl sites for hydroxylation is 1. The topological polar surface area (TPSA) is 56.5 Å². The van der Waals surface area contributed by atoms with Crippen LogP contribution in [0.1, 0.15) is 30.8 Å². The fourth-order valence-corrected chi connectivity index (χ4v) is 2.99. The average Bonchev–Trinajstić information content (AvgIpc) is 3.19. The molecule has 118 valence electrons. The smallest absolute Gasteiger partial charge is 0.231 e. The molecule has 1 atom stereocenters. The first-order chi connectivity index (χ1) is 11.3. The van der Waals surface area contributed by atoms with Gasteiger partial charge in [-0.05, 0) is 36.2 Å². The summed E-state index contributed by atoms with van der Waals surface area (Å²) in [6.07, 6.45) is 0.171. The van der Waals surface area contributed by atoms with Crippen molar-refractivity contribution in [1.82, 2.24) is 9.55 Å². The highest BCUT2D eigenvalue weighted by Gasteiger charge is 2.22. The van der Waals surface area contributed by atoms with Crippen molar-refractivity contribution < 1.29 is 14.6 Å². The van der Waals surface area contributed by atoms with Gasteiger partial charge in [0.15, 0.2) is 11.5 Å². The molecule has 5 heteroatoms. The van der Waals surface area contributed by atoms with Crippen LogP contribution in [0.3, 0.4) is 0 Å². The maximum atomic E-state index is 10.9. The molecule has 0 bridgehead atoms. The SMILES string of the molecule is CCCn1c([C@H](O)c2ccc3c(c2)OCO3)nc2ccccc21. The number of rotatable bonds is 4. The van der Waals surface area contributed by atoms with Gasteiger partial charge in [-0.15, -0.1) is 0 Å². The third-order valence-electron chi connectivity index (χ3n) is 4.09. The highest BCUT2D eigenvalue weighted by Crippen LogP contribution is 2.36. The lowest BCUT2D eigenvalue weighted by Gasteiger charge is -2.14. The van der Waals surface area contributed by atoms with Crippen LogP contribution in [0.25, 0.3) is 11.0 Å². The maximum absolute atomic E-state index is 10.9. The molecule has 5 nitrogen and oxygen atoms in total. The van der Waals surface area contributed by atoms with Crippen molar-refractivity contribution >= 4 is 11.0 Å². The summed E-state index contributed by atoms with van der Waals surface area (Å²) < 4.78 is 12.8. The summed E-state index contributed by atoms with van der Waals surface area (Å²) in [6.45, 7) is 3.16. The second kappa shape index (κ2) is 5.59. The van der Waals surface area contributed by atoms with Gasteiger partial charge in [0.2, 0.25) is 6.79 Å². The van der Waals surface area contributed by atoms with Gasteiger partial charge in [0, 0.05) is 6.54 Å². The summed E-state index contributed by atoms with van der Waals surface area (Å²) in [5, 5.41) is 10.9. The number of aliphatic hydroxyl groups is 1. The normalized spacial score (nSPS) is 14.3. The van der Waals surface area contributed by atoms with E-state index in [0.29, 0.717) is 17.3 Å². The zero-order valence-corrected chi connectivity index (χ0v) is 12.9. The summed E-state index contributed by atoms with van der Waals surface area (Å²) in [5.41, 5.74) is 2.70. The van der Waals surface area contributed by atoms with Crippen molar-refractivity contribution in [3.8, 4) is 11.5 Å². The summed E-state index contributed by atoms with van der Waals surface area (Å²) in [6, 6.07) is 13.5. The molecule has 23 heavy (non-hydrogen) atoms. The molecule has 0 radical (unpaired) electrons. The number of aromatic nitrogens is 2. The highest BCUT2D eigenvalue weighted by atomic mass is 16.7.